The summed E-state index contributed by atoms with van der Waals surface area (Å²) in [7, 11) is 1.62. The Balaban J connectivity index is 2.37. The molecular weight excluding hydrogens is 280 g/mol. The van der Waals surface area contributed by atoms with Crippen LogP contribution in [0.5, 0.6) is 5.75 Å². The number of nitrogens with two attached hydrogens (primary N) is 1. The van der Waals surface area contributed by atoms with Crippen LogP contribution < -0.4 is 15.8 Å². The topological polar surface area (TPSA) is 90.1 Å². The van der Waals surface area contributed by atoms with Crippen molar-refractivity contribution in [2.45, 2.75) is 20.3 Å². The third-order valence-electron chi connectivity index (χ3n) is 3.28. The highest BCUT2D eigenvalue weighted by Crippen LogP contribution is 2.18. The molecule has 0 bridgehead atoms. The van der Waals surface area contributed by atoms with E-state index in [-0.39, 0.29) is 11.9 Å². The molecule has 3 N–H and O–H groups in total. The number of methoxy groups -OCH3 is 1. The van der Waals surface area contributed by atoms with Crippen LogP contribution in [0.25, 0.3) is 0 Å². The number of hydrogen-bond donors (Lipinski definition) is 2. The first-order chi connectivity index (χ1) is 10.5. The van der Waals surface area contributed by atoms with Gasteiger partial charge in [0.2, 0.25) is 5.95 Å². The van der Waals surface area contributed by atoms with E-state index < -0.39 is 0 Å². The van der Waals surface area contributed by atoms with Crippen LogP contribution in [0.1, 0.15) is 34.2 Å². The molecule has 2 rings (SSSR count). The molecule has 1 amide bonds. The summed E-state index contributed by atoms with van der Waals surface area (Å²) in [4.78, 5) is 20.6. The first-order valence-electron chi connectivity index (χ1n) is 7.09. The third-order valence-corrected chi connectivity index (χ3v) is 3.28. The van der Waals surface area contributed by atoms with Crippen molar-refractivity contribution in [2.75, 3.05) is 19.4 Å². The Bertz CT molecular complexity index is 669. The summed E-state index contributed by atoms with van der Waals surface area (Å²) in [6.07, 6.45) is 0.504. The quantitative estimate of drug-likeness (QED) is 0.877. The normalized spacial score (nSPS) is 10.3. The molecule has 6 heteroatoms. The first kappa shape index (κ1) is 15.8. The van der Waals surface area contributed by atoms with Crippen molar-refractivity contribution in [3.8, 4) is 5.75 Å². The predicted molar refractivity (Wildman–Crippen MR) is 85.0 cm³/mol. The van der Waals surface area contributed by atoms with Crippen molar-refractivity contribution in [1.29, 1.82) is 0 Å². The fourth-order valence-corrected chi connectivity index (χ4v) is 2.26. The minimum atomic E-state index is -0.177. The summed E-state index contributed by atoms with van der Waals surface area (Å²) in [6, 6.07) is 7.62. The molecule has 0 saturated heterocycles. The van der Waals surface area contributed by atoms with E-state index in [9.17, 15) is 4.79 Å². The number of nitrogen functional groups attached to an aromatic ring is 1. The van der Waals surface area contributed by atoms with Gasteiger partial charge in [0, 0.05) is 13.0 Å². The lowest BCUT2D eigenvalue weighted by atomic mass is 10.0. The van der Waals surface area contributed by atoms with E-state index in [2.05, 4.69) is 15.3 Å². The van der Waals surface area contributed by atoms with Crippen molar-refractivity contribution >= 4 is 11.9 Å². The second-order valence-electron chi connectivity index (χ2n) is 4.87. The number of hydrogen-bond acceptors (Lipinski definition) is 5. The Labute approximate surface area is 129 Å². The Morgan fingerprint density at radius 2 is 1.95 bits per heavy atom. The number of carbonyl (C=O) groups excluding carboxylic acids is 1. The molecule has 1 aromatic heterocycles. The van der Waals surface area contributed by atoms with E-state index in [1.807, 2.05) is 31.2 Å². The lowest BCUT2D eigenvalue weighted by Crippen LogP contribution is -2.26. The molecule has 6 nitrogen and oxygen atoms in total. The maximum absolute atomic E-state index is 12.2. The van der Waals surface area contributed by atoms with Crippen LogP contribution in [0.4, 0.5) is 5.95 Å². The van der Waals surface area contributed by atoms with E-state index in [0.717, 1.165) is 11.3 Å². The molecule has 0 aliphatic heterocycles. The standard InChI is InChI=1S/C16H20N4O2/c1-4-18-15(21)14-10(2)19-16(17)20-13(14)9-11-5-7-12(22-3)8-6-11/h5-8H,4,9H2,1-3H3,(H,18,21)(H2,17,19,20). The molecule has 0 fully saturated rings. The maximum Gasteiger partial charge on any atom is 0.254 e. The lowest BCUT2D eigenvalue weighted by Gasteiger charge is -2.12. The van der Waals surface area contributed by atoms with Crippen molar-refractivity contribution in [3.63, 3.8) is 0 Å². The van der Waals surface area contributed by atoms with Gasteiger partial charge in [-0.1, -0.05) is 12.1 Å². The highest BCUT2D eigenvalue weighted by Gasteiger charge is 2.17. The van der Waals surface area contributed by atoms with Crippen molar-refractivity contribution in [3.05, 3.63) is 46.8 Å². The number of aryl methyl sites for hydroxylation is 1. The number of carbonyl (C=O) groups is 1. The van der Waals surface area contributed by atoms with Crippen LogP contribution in [0.3, 0.4) is 0 Å². The van der Waals surface area contributed by atoms with Crippen LogP contribution in [-0.4, -0.2) is 29.5 Å². The summed E-state index contributed by atoms with van der Waals surface area (Å²) in [5.74, 6) is 0.781. The van der Waals surface area contributed by atoms with E-state index in [1.54, 1.807) is 14.0 Å². The number of nitrogens with zero attached hydrogens (tertiary/aromatic N) is 2. The highest BCUT2D eigenvalue weighted by molar-refractivity contribution is 5.96. The van der Waals surface area contributed by atoms with Gasteiger partial charge >= 0.3 is 0 Å². The number of rotatable bonds is 5. The smallest absolute Gasteiger partial charge is 0.254 e. The zero-order valence-corrected chi connectivity index (χ0v) is 13.0. The Morgan fingerprint density at radius 1 is 1.27 bits per heavy atom. The largest absolute Gasteiger partial charge is 0.497 e. The van der Waals surface area contributed by atoms with Gasteiger partial charge in [0.05, 0.1) is 24.1 Å². The monoisotopic (exact) mass is 300 g/mol. The fraction of sp³-hybridized carbons (Fsp3) is 0.312. The number of anilines is 1. The van der Waals surface area contributed by atoms with Crippen LogP contribution >= 0.6 is 0 Å². The van der Waals surface area contributed by atoms with Crippen molar-refractivity contribution < 1.29 is 9.53 Å². The van der Waals surface area contributed by atoms with Crippen LogP contribution in [0.15, 0.2) is 24.3 Å². The summed E-state index contributed by atoms with van der Waals surface area (Å²) >= 11 is 0. The minimum absolute atomic E-state index is 0.175. The summed E-state index contributed by atoms with van der Waals surface area (Å²) in [5.41, 5.74) is 8.45. The van der Waals surface area contributed by atoms with Crippen LogP contribution in [-0.2, 0) is 6.42 Å². The van der Waals surface area contributed by atoms with Gasteiger partial charge in [0.1, 0.15) is 5.75 Å². The second-order valence-corrected chi connectivity index (χ2v) is 4.87. The molecule has 1 aromatic carbocycles. The van der Waals surface area contributed by atoms with Crippen LogP contribution in [0.2, 0.25) is 0 Å². The molecule has 0 atom stereocenters. The number of ether oxygens (including phenoxy) is 1. The number of aromatic nitrogens is 2. The molecule has 0 radical (unpaired) electrons. The number of benzene rings is 1. The van der Waals surface area contributed by atoms with Gasteiger partial charge in [-0.05, 0) is 31.5 Å². The zero-order valence-electron chi connectivity index (χ0n) is 13.0. The molecular formula is C16H20N4O2. The van der Waals surface area contributed by atoms with E-state index in [0.29, 0.717) is 29.9 Å². The zero-order chi connectivity index (χ0) is 16.1. The minimum Gasteiger partial charge on any atom is -0.497 e. The number of amides is 1. The second kappa shape index (κ2) is 6.89. The lowest BCUT2D eigenvalue weighted by molar-refractivity contribution is 0.0953. The Hall–Kier alpha value is -2.63. The van der Waals surface area contributed by atoms with E-state index in [1.165, 1.54) is 0 Å². The fourth-order valence-electron chi connectivity index (χ4n) is 2.26. The molecule has 0 aliphatic rings. The van der Waals surface area contributed by atoms with Crippen molar-refractivity contribution in [2.24, 2.45) is 0 Å². The van der Waals surface area contributed by atoms with Gasteiger partial charge in [0.25, 0.3) is 5.91 Å². The highest BCUT2D eigenvalue weighted by atomic mass is 16.5. The average molecular weight is 300 g/mol. The van der Waals surface area contributed by atoms with Gasteiger partial charge in [-0.2, -0.15) is 0 Å². The third kappa shape index (κ3) is 3.52. The number of nitrogens with one attached hydrogen (secondary N) is 1. The molecule has 0 aliphatic carbocycles. The van der Waals surface area contributed by atoms with Gasteiger partial charge in [0.15, 0.2) is 0 Å². The summed E-state index contributed by atoms with van der Waals surface area (Å²) in [5, 5.41) is 2.79. The Kier molecular flexibility index (Phi) is 4.93. The van der Waals surface area contributed by atoms with Gasteiger partial charge in [-0.15, -0.1) is 0 Å². The Morgan fingerprint density at radius 3 is 2.55 bits per heavy atom. The van der Waals surface area contributed by atoms with Crippen molar-refractivity contribution in [1.82, 2.24) is 15.3 Å². The van der Waals surface area contributed by atoms with E-state index >= 15 is 0 Å². The van der Waals surface area contributed by atoms with Gasteiger partial charge in [-0.25, -0.2) is 9.97 Å². The SMILES string of the molecule is CCNC(=O)c1c(C)nc(N)nc1Cc1ccc(OC)cc1. The molecule has 2 aromatic rings. The predicted octanol–water partition coefficient (Wildman–Crippen LogP) is 1.72. The molecule has 1 heterocycles. The summed E-state index contributed by atoms with van der Waals surface area (Å²) in [6.45, 7) is 4.18. The molecule has 0 saturated carbocycles. The first-order valence-corrected chi connectivity index (χ1v) is 7.09. The maximum atomic E-state index is 12.2. The molecule has 0 spiro atoms. The molecule has 0 unspecified atom stereocenters. The molecule has 116 valence electrons. The van der Waals surface area contributed by atoms with E-state index in [4.69, 9.17) is 10.5 Å². The average Bonchev–Trinajstić information content (AvgIpc) is 2.47. The van der Waals surface area contributed by atoms with Gasteiger partial charge in [-0.3, -0.25) is 4.79 Å². The summed E-state index contributed by atoms with van der Waals surface area (Å²) < 4.78 is 5.14. The van der Waals surface area contributed by atoms with Crippen LogP contribution in [0, 0.1) is 6.92 Å². The van der Waals surface area contributed by atoms with Gasteiger partial charge < -0.3 is 15.8 Å². The molecule has 22 heavy (non-hydrogen) atoms.